The van der Waals surface area contributed by atoms with Gasteiger partial charge >= 0.3 is 0 Å². The van der Waals surface area contributed by atoms with Crippen LogP contribution in [0.2, 0.25) is 0 Å². The molecule has 2 aromatic carbocycles. The number of rotatable bonds is 9. The van der Waals surface area contributed by atoms with E-state index in [1.165, 1.54) is 36.4 Å². The van der Waals surface area contributed by atoms with Gasteiger partial charge in [0.25, 0.3) is 10.0 Å². The van der Waals surface area contributed by atoms with Gasteiger partial charge in [-0.2, -0.15) is 0 Å². The molecule has 0 radical (unpaired) electrons. The number of sulfonamides is 2. The number of anilines is 1. The van der Waals surface area contributed by atoms with Crippen LogP contribution in [0.15, 0.2) is 58.3 Å². The van der Waals surface area contributed by atoms with E-state index in [1.807, 2.05) is 13.8 Å². The van der Waals surface area contributed by atoms with Crippen molar-refractivity contribution in [2.24, 2.45) is 0 Å². The summed E-state index contributed by atoms with van der Waals surface area (Å²) in [6.07, 6.45) is 0.680. The minimum atomic E-state index is -3.78. The first-order valence-electron chi connectivity index (χ1n) is 8.14. The van der Waals surface area contributed by atoms with Crippen LogP contribution in [0.1, 0.15) is 20.3 Å². The Bertz CT molecular complexity index is 922. The average Bonchev–Trinajstić information content (AvgIpc) is 2.61. The summed E-state index contributed by atoms with van der Waals surface area (Å²) in [6, 6.07) is 11.6. The molecule has 0 saturated heterocycles. The fraction of sp³-hybridized carbons (Fsp3) is 0.294. The molecule has 0 aliphatic heterocycles. The highest BCUT2D eigenvalue weighted by Gasteiger charge is 2.16. The molecule has 7 nitrogen and oxygen atoms in total. The fourth-order valence-electron chi connectivity index (χ4n) is 2.12. The van der Waals surface area contributed by atoms with Gasteiger partial charge in [0.15, 0.2) is 0 Å². The molecule has 2 N–H and O–H groups in total. The van der Waals surface area contributed by atoms with Gasteiger partial charge in [0.1, 0.15) is 5.75 Å². The van der Waals surface area contributed by atoms with E-state index in [2.05, 4.69) is 9.44 Å². The zero-order valence-electron chi connectivity index (χ0n) is 14.6. The van der Waals surface area contributed by atoms with Gasteiger partial charge in [0, 0.05) is 12.2 Å². The Balaban J connectivity index is 2.14. The third kappa shape index (κ3) is 5.20. The van der Waals surface area contributed by atoms with Gasteiger partial charge in [-0.3, -0.25) is 4.72 Å². The van der Waals surface area contributed by atoms with E-state index in [0.717, 1.165) is 0 Å². The Kier molecular flexibility index (Phi) is 6.63. The van der Waals surface area contributed by atoms with Crippen molar-refractivity contribution < 1.29 is 21.6 Å². The quantitative estimate of drug-likeness (QED) is 0.676. The van der Waals surface area contributed by atoms with Crippen molar-refractivity contribution >= 4 is 25.7 Å². The molecule has 142 valence electrons. The summed E-state index contributed by atoms with van der Waals surface area (Å²) in [4.78, 5) is 0.164. The molecule has 0 heterocycles. The summed E-state index contributed by atoms with van der Waals surface area (Å²) in [5, 5.41) is 0. The largest absolute Gasteiger partial charge is 0.494 e. The van der Waals surface area contributed by atoms with E-state index in [-0.39, 0.29) is 15.5 Å². The Morgan fingerprint density at radius 1 is 0.808 bits per heavy atom. The molecule has 0 unspecified atom stereocenters. The van der Waals surface area contributed by atoms with Crippen LogP contribution in [0, 0.1) is 0 Å². The van der Waals surface area contributed by atoms with Gasteiger partial charge in [-0.15, -0.1) is 0 Å². The second-order valence-electron chi connectivity index (χ2n) is 5.43. The van der Waals surface area contributed by atoms with Crippen LogP contribution in [-0.4, -0.2) is 30.0 Å². The monoisotopic (exact) mass is 398 g/mol. The van der Waals surface area contributed by atoms with Crippen LogP contribution >= 0.6 is 0 Å². The summed E-state index contributed by atoms with van der Waals surface area (Å²) in [7, 11) is -7.36. The van der Waals surface area contributed by atoms with E-state index < -0.39 is 20.0 Å². The molecule has 0 atom stereocenters. The highest BCUT2D eigenvalue weighted by atomic mass is 32.2. The van der Waals surface area contributed by atoms with Gasteiger partial charge < -0.3 is 4.74 Å². The predicted molar refractivity (Wildman–Crippen MR) is 100 cm³/mol. The van der Waals surface area contributed by atoms with E-state index in [0.29, 0.717) is 25.3 Å². The molecule has 2 aromatic rings. The fourth-order valence-corrected chi connectivity index (χ4v) is 4.31. The maximum absolute atomic E-state index is 12.4. The lowest BCUT2D eigenvalue weighted by Gasteiger charge is -2.10. The molecule has 0 aliphatic rings. The lowest BCUT2D eigenvalue weighted by Crippen LogP contribution is -2.24. The van der Waals surface area contributed by atoms with Crippen LogP contribution in [0.3, 0.4) is 0 Å². The molecule has 0 aliphatic carbocycles. The second kappa shape index (κ2) is 8.52. The van der Waals surface area contributed by atoms with E-state index in [9.17, 15) is 16.8 Å². The van der Waals surface area contributed by atoms with Gasteiger partial charge in [-0.1, -0.05) is 6.92 Å². The van der Waals surface area contributed by atoms with Crippen molar-refractivity contribution in [3.05, 3.63) is 48.5 Å². The topological polar surface area (TPSA) is 102 Å². The molecule has 0 saturated carbocycles. The summed E-state index contributed by atoms with van der Waals surface area (Å²) in [5.41, 5.74) is 0.272. The standard InChI is InChI=1S/C17H22N2O5S2/c1-3-13-18-25(20,21)16-9-5-14(6-10-16)19-26(22,23)17-11-7-15(8-12-17)24-4-2/h5-12,18-19H,3-4,13H2,1-2H3. The number of ether oxygens (including phenoxy) is 1. The number of benzene rings is 2. The third-order valence-corrected chi connectivity index (χ3v) is 6.28. The van der Waals surface area contributed by atoms with E-state index in [1.54, 1.807) is 12.1 Å². The van der Waals surface area contributed by atoms with Gasteiger partial charge in [-0.05, 0) is 61.9 Å². The summed E-state index contributed by atoms with van der Waals surface area (Å²) in [5.74, 6) is 0.584. The summed E-state index contributed by atoms with van der Waals surface area (Å²) < 4.78 is 59.1. The first kappa shape index (κ1) is 20.2. The van der Waals surface area contributed by atoms with Crippen molar-refractivity contribution in [3.63, 3.8) is 0 Å². The highest BCUT2D eigenvalue weighted by Crippen LogP contribution is 2.20. The Morgan fingerprint density at radius 2 is 1.35 bits per heavy atom. The lowest BCUT2D eigenvalue weighted by molar-refractivity contribution is 0.340. The van der Waals surface area contributed by atoms with Crippen molar-refractivity contribution in [1.29, 1.82) is 0 Å². The normalized spacial score (nSPS) is 11.9. The predicted octanol–water partition coefficient (Wildman–Crippen LogP) is 2.57. The molecular formula is C17H22N2O5S2. The number of nitrogens with one attached hydrogen (secondary N) is 2. The smallest absolute Gasteiger partial charge is 0.261 e. The maximum atomic E-state index is 12.4. The van der Waals surface area contributed by atoms with Crippen LogP contribution < -0.4 is 14.2 Å². The molecule has 0 spiro atoms. The first-order valence-corrected chi connectivity index (χ1v) is 11.1. The van der Waals surface area contributed by atoms with Crippen molar-refractivity contribution in [3.8, 4) is 5.75 Å². The van der Waals surface area contributed by atoms with Crippen LogP contribution in [0.5, 0.6) is 5.75 Å². The van der Waals surface area contributed by atoms with Gasteiger partial charge in [0.2, 0.25) is 10.0 Å². The minimum Gasteiger partial charge on any atom is -0.494 e. The number of hydrogen-bond donors (Lipinski definition) is 2. The van der Waals surface area contributed by atoms with Crippen LogP contribution in [0.4, 0.5) is 5.69 Å². The Morgan fingerprint density at radius 3 is 1.88 bits per heavy atom. The maximum Gasteiger partial charge on any atom is 0.261 e. The zero-order valence-corrected chi connectivity index (χ0v) is 16.2. The molecule has 9 heteroatoms. The summed E-state index contributed by atoms with van der Waals surface area (Å²) >= 11 is 0. The highest BCUT2D eigenvalue weighted by molar-refractivity contribution is 7.92. The average molecular weight is 399 g/mol. The van der Waals surface area contributed by atoms with Crippen LogP contribution in [0.25, 0.3) is 0 Å². The molecular weight excluding hydrogens is 376 g/mol. The third-order valence-electron chi connectivity index (χ3n) is 3.40. The van der Waals surface area contributed by atoms with E-state index >= 15 is 0 Å². The zero-order chi connectivity index (χ0) is 19.2. The Labute approximate surface area is 154 Å². The van der Waals surface area contributed by atoms with Gasteiger partial charge in [-0.25, -0.2) is 21.6 Å². The van der Waals surface area contributed by atoms with Crippen molar-refractivity contribution in [2.75, 3.05) is 17.9 Å². The van der Waals surface area contributed by atoms with Crippen LogP contribution in [-0.2, 0) is 20.0 Å². The lowest BCUT2D eigenvalue weighted by atomic mass is 10.3. The van der Waals surface area contributed by atoms with Gasteiger partial charge in [0.05, 0.1) is 16.4 Å². The minimum absolute atomic E-state index is 0.0787. The summed E-state index contributed by atoms with van der Waals surface area (Å²) in [6.45, 7) is 4.54. The molecule has 0 fully saturated rings. The Hall–Kier alpha value is -2.10. The molecule has 0 aromatic heterocycles. The molecule has 0 amide bonds. The van der Waals surface area contributed by atoms with E-state index in [4.69, 9.17) is 4.74 Å². The SMILES string of the molecule is CCCNS(=O)(=O)c1ccc(NS(=O)(=O)c2ccc(OCC)cc2)cc1. The number of hydrogen-bond acceptors (Lipinski definition) is 5. The second-order valence-corrected chi connectivity index (χ2v) is 8.88. The first-order chi connectivity index (χ1) is 12.3. The van der Waals surface area contributed by atoms with Crippen molar-refractivity contribution in [1.82, 2.24) is 4.72 Å². The van der Waals surface area contributed by atoms with Crippen molar-refractivity contribution in [2.45, 2.75) is 30.1 Å². The molecule has 0 bridgehead atoms. The molecule has 2 rings (SSSR count). The molecule has 26 heavy (non-hydrogen) atoms.